The van der Waals surface area contributed by atoms with Gasteiger partial charge in [-0.25, -0.2) is 9.38 Å². The highest BCUT2D eigenvalue weighted by atomic mass is 32.2. The monoisotopic (exact) mass is 318 g/mol. The molecule has 1 atom stereocenters. The Morgan fingerprint density at radius 3 is 2.91 bits per heavy atom. The Hall–Kier alpha value is -1.75. The maximum absolute atomic E-state index is 13.0. The van der Waals surface area contributed by atoms with Gasteiger partial charge in [0.1, 0.15) is 18.1 Å². The molecule has 1 aliphatic rings. The molecule has 0 N–H and O–H groups in total. The third-order valence-electron chi connectivity index (χ3n) is 3.68. The zero-order valence-electron chi connectivity index (χ0n) is 12.5. The smallest absolute Gasteiger partial charge is 0.233 e. The first-order chi connectivity index (χ1) is 10.8. The fourth-order valence-electron chi connectivity index (χ4n) is 2.49. The Bertz CT molecular complexity index is 651. The molecular weight excluding hydrogens is 299 g/mol. The summed E-state index contributed by atoms with van der Waals surface area (Å²) in [4.78, 5) is 4.68. The van der Waals surface area contributed by atoms with Crippen LogP contribution >= 0.6 is 11.8 Å². The first-order valence-corrected chi connectivity index (χ1v) is 8.75. The molecule has 0 saturated carbocycles. The van der Waals surface area contributed by atoms with Crippen molar-refractivity contribution in [2.24, 2.45) is 4.99 Å². The van der Waals surface area contributed by atoms with E-state index < -0.39 is 0 Å². The van der Waals surface area contributed by atoms with Gasteiger partial charge in [-0.1, -0.05) is 12.1 Å². The Labute approximate surface area is 134 Å². The summed E-state index contributed by atoms with van der Waals surface area (Å²) in [5, 5.41) is 0. The van der Waals surface area contributed by atoms with Crippen molar-refractivity contribution in [1.29, 1.82) is 0 Å². The highest BCUT2D eigenvalue weighted by Gasteiger charge is 2.21. The molecule has 0 bridgehead atoms. The van der Waals surface area contributed by atoms with E-state index in [1.807, 2.05) is 30.1 Å². The van der Waals surface area contributed by atoms with Gasteiger partial charge in [0.05, 0.1) is 6.04 Å². The Balaban J connectivity index is 1.73. The molecule has 0 amide bonds. The Morgan fingerprint density at radius 1 is 1.32 bits per heavy atom. The van der Waals surface area contributed by atoms with Crippen LogP contribution in [0.3, 0.4) is 0 Å². The molecular formula is C17H19FN2OS. The second-order valence-corrected chi connectivity index (χ2v) is 6.31. The maximum Gasteiger partial charge on any atom is 0.233 e. The van der Waals surface area contributed by atoms with Crippen molar-refractivity contribution in [3.8, 4) is 0 Å². The Morgan fingerprint density at radius 2 is 2.14 bits per heavy atom. The highest BCUT2D eigenvalue weighted by molar-refractivity contribution is 7.98. The molecule has 1 unspecified atom stereocenters. The minimum atomic E-state index is -0.211. The molecule has 0 spiro atoms. The van der Waals surface area contributed by atoms with Crippen molar-refractivity contribution >= 4 is 17.7 Å². The fraction of sp³-hybridized carbons (Fsp3) is 0.353. The van der Waals surface area contributed by atoms with Crippen LogP contribution in [-0.4, -0.2) is 35.1 Å². The predicted octanol–water partition coefficient (Wildman–Crippen LogP) is 3.57. The number of aromatic nitrogens is 1. The first kappa shape index (κ1) is 15.2. The van der Waals surface area contributed by atoms with Crippen LogP contribution in [0.1, 0.15) is 17.7 Å². The summed E-state index contributed by atoms with van der Waals surface area (Å²) in [6, 6.07) is 10.8. The number of hydrogen-bond donors (Lipinski definition) is 0. The molecule has 2 heterocycles. The second-order valence-electron chi connectivity index (χ2n) is 5.33. The van der Waals surface area contributed by atoms with Gasteiger partial charge in [-0.05, 0) is 48.3 Å². The van der Waals surface area contributed by atoms with Crippen LogP contribution in [-0.2, 0) is 11.3 Å². The molecule has 116 valence electrons. The van der Waals surface area contributed by atoms with E-state index in [1.54, 1.807) is 12.1 Å². The quantitative estimate of drug-likeness (QED) is 0.814. The van der Waals surface area contributed by atoms with Crippen LogP contribution < -0.4 is 0 Å². The molecule has 0 fully saturated rings. The number of rotatable bonds is 6. The first-order valence-electron chi connectivity index (χ1n) is 7.36. The molecule has 1 aliphatic heterocycles. The van der Waals surface area contributed by atoms with E-state index in [2.05, 4.69) is 15.8 Å². The van der Waals surface area contributed by atoms with Gasteiger partial charge < -0.3 is 9.30 Å². The minimum absolute atomic E-state index is 0.211. The van der Waals surface area contributed by atoms with E-state index in [9.17, 15) is 4.39 Å². The van der Waals surface area contributed by atoms with E-state index in [0.717, 1.165) is 29.3 Å². The zero-order valence-corrected chi connectivity index (χ0v) is 13.4. The summed E-state index contributed by atoms with van der Waals surface area (Å²) in [5.41, 5.74) is 2.03. The highest BCUT2D eigenvalue weighted by Crippen LogP contribution is 2.17. The van der Waals surface area contributed by atoms with Gasteiger partial charge in [0.2, 0.25) is 5.90 Å². The lowest BCUT2D eigenvalue weighted by Crippen LogP contribution is -2.10. The van der Waals surface area contributed by atoms with Gasteiger partial charge in [-0.15, -0.1) is 0 Å². The average molecular weight is 318 g/mol. The molecule has 0 saturated heterocycles. The Kier molecular flexibility index (Phi) is 4.83. The van der Waals surface area contributed by atoms with E-state index in [-0.39, 0.29) is 11.9 Å². The number of thioether (sulfide) groups is 1. The van der Waals surface area contributed by atoms with Crippen molar-refractivity contribution in [1.82, 2.24) is 4.57 Å². The van der Waals surface area contributed by atoms with Crippen LogP contribution in [0.5, 0.6) is 0 Å². The average Bonchev–Trinajstić information content (AvgIpc) is 3.16. The summed E-state index contributed by atoms with van der Waals surface area (Å²) >= 11 is 1.83. The van der Waals surface area contributed by atoms with Crippen LogP contribution in [0.15, 0.2) is 47.6 Å². The molecule has 22 heavy (non-hydrogen) atoms. The predicted molar refractivity (Wildman–Crippen MR) is 89.2 cm³/mol. The number of aliphatic imine (C=N–C) groups is 1. The normalized spacial score (nSPS) is 17.4. The summed E-state index contributed by atoms with van der Waals surface area (Å²) in [6.45, 7) is 1.35. The lowest BCUT2D eigenvalue weighted by molar-refractivity contribution is 0.314. The maximum atomic E-state index is 13.0. The molecule has 3 nitrogen and oxygen atoms in total. The topological polar surface area (TPSA) is 26.5 Å². The van der Waals surface area contributed by atoms with Crippen molar-refractivity contribution in [2.45, 2.75) is 19.0 Å². The number of nitrogens with zero attached hydrogens (tertiary/aromatic N) is 2. The largest absolute Gasteiger partial charge is 0.474 e. The molecule has 2 aromatic rings. The molecule has 5 heteroatoms. The van der Waals surface area contributed by atoms with Crippen LogP contribution in [0.25, 0.3) is 0 Å². The molecule has 1 aromatic carbocycles. The number of hydrogen-bond acceptors (Lipinski definition) is 3. The third kappa shape index (κ3) is 3.53. The molecule has 3 rings (SSSR count). The van der Waals surface area contributed by atoms with Crippen molar-refractivity contribution < 1.29 is 9.13 Å². The van der Waals surface area contributed by atoms with Crippen LogP contribution in [0, 0.1) is 5.82 Å². The number of halogens is 1. The van der Waals surface area contributed by atoms with E-state index in [1.165, 1.54) is 12.1 Å². The lowest BCUT2D eigenvalue weighted by Gasteiger charge is -2.09. The van der Waals surface area contributed by atoms with Crippen molar-refractivity contribution in [2.75, 3.05) is 18.6 Å². The van der Waals surface area contributed by atoms with Crippen molar-refractivity contribution in [3.63, 3.8) is 0 Å². The van der Waals surface area contributed by atoms with E-state index >= 15 is 0 Å². The molecule has 0 radical (unpaired) electrons. The SMILES string of the molecule is CSCCC1COC(c2cccn2Cc2ccc(F)cc2)=N1. The summed E-state index contributed by atoms with van der Waals surface area (Å²) in [6.07, 6.45) is 5.15. The summed E-state index contributed by atoms with van der Waals surface area (Å²) in [5.74, 6) is 1.61. The summed E-state index contributed by atoms with van der Waals surface area (Å²) in [7, 11) is 0. The zero-order chi connectivity index (χ0) is 15.4. The molecule has 1 aromatic heterocycles. The standard InChI is InChI=1S/C17H19FN2OS/c1-22-10-8-15-12-21-17(19-15)16-3-2-9-20(16)11-13-4-6-14(18)7-5-13/h2-7,9,15H,8,10-12H2,1H3. The van der Waals surface area contributed by atoms with Gasteiger partial charge in [0, 0.05) is 12.7 Å². The van der Waals surface area contributed by atoms with Gasteiger partial charge in [0.15, 0.2) is 0 Å². The fourth-order valence-corrected chi connectivity index (χ4v) is 3.00. The van der Waals surface area contributed by atoms with E-state index in [4.69, 9.17) is 4.74 Å². The number of benzene rings is 1. The lowest BCUT2D eigenvalue weighted by atomic mass is 10.2. The van der Waals surface area contributed by atoms with Gasteiger partial charge in [-0.2, -0.15) is 11.8 Å². The van der Waals surface area contributed by atoms with Gasteiger partial charge >= 0.3 is 0 Å². The second kappa shape index (κ2) is 7.01. The number of ether oxygens (including phenoxy) is 1. The molecule has 0 aliphatic carbocycles. The third-order valence-corrected chi connectivity index (χ3v) is 4.33. The minimum Gasteiger partial charge on any atom is -0.474 e. The van der Waals surface area contributed by atoms with Gasteiger partial charge in [0.25, 0.3) is 0 Å². The van der Waals surface area contributed by atoms with Crippen LogP contribution in [0.2, 0.25) is 0 Å². The van der Waals surface area contributed by atoms with Gasteiger partial charge in [-0.3, -0.25) is 0 Å². The van der Waals surface area contributed by atoms with Crippen molar-refractivity contribution in [3.05, 3.63) is 59.7 Å². The van der Waals surface area contributed by atoms with Crippen LogP contribution in [0.4, 0.5) is 4.39 Å². The van der Waals surface area contributed by atoms with E-state index in [0.29, 0.717) is 13.2 Å². The summed E-state index contributed by atoms with van der Waals surface area (Å²) < 4.78 is 20.8.